The lowest BCUT2D eigenvalue weighted by Crippen LogP contribution is -2.40. The van der Waals surface area contributed by atoms with Crippen LogP contribution in [0.5, 0.6) is 0 Å². The second-order valence-electron chi connectivity index (χ2n) is 8.67. The Morgan fingerprint density at radius 1 is 1.09 bits per heavy atom. The van der Waals surface area contributed by atoms with Crippen LogP contribution in [-0.2, 0) is 6.18 Å². The minimum absolute atomic E-state index is 0.0469. The summed E-state index contributed by atoms with van der Waals surface area (Å²) in [5.74, 6) is -0.543. The second kappa shape index (κ2) is 8.84. The van der Waals surface area contributed by atoms with E-state index in [0.717, 1.165) is 36.9 Å². The molecule has 6 nitrogen and oxygen atoms in total. The Labute approximate surface area is 192 Å². The zero-order valence-corrected chi connectivity index (χ0v) is 18.1. The number of halogens is 4. The molecular formula is C24H23F4N5O. The van der Waals surface area contributed by atoms with Crippen LogP contribution >= 0.6 is 0 Å². The minimum atomic E-state index is -4.61. The normalized spacial score (nSPS) is 20.0. The molecule has 34 heavy (non-hydrogen) atoms. The number of imidazole rings is 1. The number of nitrogens with one attached hydrogen (secondary N) is 2. The van der Waals surface area contributed by atoms with Crippen LogP contribution in [0.15, 0.2) is 55.1 Å². The van der Waals surface area contributed by atoms with Gasteiger partial charge in [0.1, 0.15) is 17.7 Å². The van der Waals surface area contributed by atoms with E-state index in [2.05, 4.69) is 20.6 Å². The summed E-state index contributed by atoms with van der Waals surface area (Å²) >= 11 is 0. The van der Waals surface area contributed by atoms with Crippen LogP contribution in [-0.4, -0.2) is 31.6 Å². The van der Waals surface area contributed by atoms with Crippen molar-refractivity contribution >= 4 is 22.1 Å². The Balaban J connectivity index is 1.33. The third-order valence-electron chi connectivity index (χ3n) is 6.24. The van der Waals surface area contributed by atoms with Gasteiger partial charge in [-0.15, -0.1) is 0 Å². The summed E-state index contributed by atoms with van der Waals surface area (Å²) in [6.45, 7) is 0. The molecule has 10 heteroatoms. The standard InChI is InChI=1S/C24H23F4N5O/c25-15-4-5-20-19(9-15)21(11-22(32-20)24(26,27)28)30-16-2-1-3-17(10-16)31-23(34)14-6-7-33-13-29-12-18(33)8-14/h4-9,11-13,16-17,23,31,34H,1-3,10H2,(H,30,32)/t16-,17+,23?/m0/s1. The first-order valence-corrected chi connectivity index (χ1v) is 11.1. The van der Waals surface area contributed by atoms with E-state index in [-0.39, 0.29) is 23.3 Å². The van der Waals surface area contributed by atoms with Crippen LogP contribution in [0.3, 0.4) is 0 Å². The molecule has 1 saturated carbocycles. The van der Waals surface area contributed by atoms with Crippen LogP contribution in [0.25, 0.3) is 16.4 Å². The summed E-state index contributed by atoms with van der Waals surface area (Å²) in [6, 6.07) is 7.95. The fourth-order valence-electron chi connectivity index (χ4n) is 4.58. The maximum Gasteiger partial charge on any atom is 0.433 e. The molecule has 5 rings (SSSR count). The van der Waals surface area contributed by atoms with Gasteiger partial charge in [0.05, 0.1) is 23.6 Å². The molecule has 0 saturated heterocycles. The first-order valence-electron chi connectivity index (χ1n) is 11.1. The number of alkyl halides is 3. The SMILES string of the molecule is OC(N[C@@H]1CCC[C@H](Nc2cc(C(F)(F)F)nc3ccc(F)cc23)C1)c1ccn2cncc2c1. The van der Waals surface area contributed by atoms with E-state index in [0.29, 0.717) is 17.4 Å². The van der Waals surface area contributed by atoms with E-state index in [1.165, 1.54) is 12.1 Å². The van der Waals surface area contributed by atoms with Gasteiger partial charge in [-0.2, -0.15) is 13.2 Å². The van der Waals surface area contributed by atoms with Gasteiger partial charge in [0.15, 0.2) is 0 Å². The summed E-state index contributed by atoms with van der Waals surface area (Å²) in [5, 5.41) is 17.4. The number of hydrogen-bond donors (Lipinski definition) is 3. The predicted molar refractivity (Wildman–Crippen MR) is 120 cm³/mol. The first kappa shape index (κ1) is 22.5. The molecule has 3 atom stereocenters. The molecule has 1 aliphatic carbocycles. The first-order chi connectivity index (χ1) is 16.3. The van der Waals surface area contributed by atoms with Gasteiger partial charge in [-0.3, -0.25) is 5.32 Å². The Morgan fingerprint density at radius 3 is 2.74 bits per heavy atom. The van der Waals surface area contributed by atoms with Crippen molar-refractivity contribution in [2.45, 2.75) is 50.2 Å². The van der Waals surface area contributed by atoms with Crippen molar-refractivity contribution < 1.29 is 22.7 Å². The fraction of sp³-hybridized carbons (Fsp3) is 0.333. The minimum Gasteiger partial charge on any atom is -0.382 e. The van der Waals surface area contributed by atoms with E-state index in [1.807, 2.05) is 16.7 Å². The summed E-state index contributed by atoms with van der Waals surface area (Å²) in [4.78, 5) is 7.73. The molecule has 3 N–H and O–H groups in total. The number of nitrogens with zero attached hydrogens (tertiary/aromatic N) is 3. The zero-order chi connectivity index (χ0) is 23.9. The highest BCUT2D eigenvalue weighted by Gasteiger charge is 2.34. The van der Waals surface area contributed by atoms with E-state index < -0.39 is 23.9 Å². The molecule has 1 aliphatic rings. The highest BCUT2D eigenvalue weighted by atomic mass is 19.4. The number of hydrogen-bond acceptors (Lipinski definition) is 5. The largest absolute Gasteiger partial charge is 0.433 e. The van der Waals surface area contributed by atoms with Crippen molar-refractivity contribution in [2.24, 2.45) is 0 Å². The molecule has 0 spiro atoms. The Bertz CT molecular complexity index is 1320. The third kappa shape index (κ3) is 4.69. The van der Waals surface area contributed by atoms with Gasteiger partial charge in [-0.25, -0.2) is 14.4 Å². The number of aromatic nitrogens is 3. The van der Waals surface area contributed by atoms with Gasteiger partial charge in [0.25, 0.3) is 0 Å². The smallest absolute Gasteiger partial charge is 0.382 e. The van der Waals surface area contributed by atoms with E-state index in [4.69, 9.17) is 0 Å². The molecular weight excluding hydrogens is 450 g/mol. The average Bonchev–Trinajstić information content (AvgIpc) is 3.27. The summed E-state index contributed by atoms with van der Waals surface area (Å²) in [6.07, 6.45) is 2.68. The molecule has 178 valence electrons. The number of benzene rings is 1. The predicted octanol–water partition coefficient (Wildman–Crippen LogP) is 5.04. The van der Waals surface area contributed by atoms with E-state index in [1.54, 1.807) is 18.6 Å². The van der Waals surface area contributed by atoms with Gasteiger partial charge in [0, 0.05) is 29.4 Å². The van der Waals surface area contributed by atoms with Crippen LogP contribution in [0.2, 0.25) is 0 Å². The number of fused-ring (bicyclic) bond motifs is 2. The Hall–Kier alpha value is -3.24. The van der Waals surface area contributed by atoms with Crippen molar-refractivity contribution in [1.82, 2.24) is 19.7 Å². The molecule has 3 aromatic heterocycles. The van der Waals surface area contributed by atoms with E-state index in [9.17, 15) is 22.7 Å². The second-order valence-corrected chi connectivity index (χ2v) is 8.67. The molecule has 0 aliphatic heterocycles. The maximum atomic E-state index is 13.9. The maximum absolute atomic E-state index is 13.9. The lowest BCUT2D eigenvalue weighted by Gasteiger charge is -2.33. The van der Waals surface area contributed by atoms with Crippen molar-refractivity contribution in [3.8, 4) is 0 Å². The molecule has 1 aromatic carbocycles. The van der Waals surface area contributed by atoms with Gasteiger partial charge in [0.2, 0.25) is 0 Å². The highest BCUT2D eigenvalue weighted by Crippen LogP contribution is 2.35. The molecule has 1 fully saturated rings. The highest BCUT2D eigenvalue weighted by molar-refractivity contribution is 5.91. The summed E-state index contributed by atoms with van der Waals surface area (Å²) < 4.78 is 55.9. The fourth-order valence-corrected chi connectivity index (χ4v) is 4.58. The van der Waals surface area contributed by atoms with Gasteiger partial charge >= 0.3 is 6.18 Å². The number of anilines is 1. The van der Waals surface area contributed by atoms with Crippen LogP contribution in [0.1, 0.15) is 43.2 Å². The third-order valence-corrected chi connectivity index (χ3v) is 6.24. The van der Waals surface area contributed by atoms with Crippen molar-refractivity contribution in [3.63, 3.8) is 0 Å². The van der Waals surface area contributed by atoms with Crippen LogP contribution in [0.4, 0.5) is 23.2 Å². The lowest BCUT2D eigenvalue weighted by molar-refractivity contribution is -0.140. The van der Waals surface area contributed by atoms with E-state index >= 15 is 0 Å². The molecule has 0 radical (unpaired) electrons. The lowest BCUT2D eigenvalue weighted by atomic mass is 9.90. The Kier molecular flexibility index (Phi) is 5.86. The molecule has 1 unspecified atom stereocenters. The van der Waals surface area contributed by atoms with Gasteiger partial charge < -0.3 is 14.8 Å². The van der Waals surface area contributed by atoms with Crippen molar-refractivity contribution in [3.05, 3.63) is 72.2 Å². The van der Waals surface area contributed by atoms with Crippen molar-refractivity contribution in [2.75, 3.05) is 5.32 Å². The van der Waals surface area contributed by atoms with Crippen LogP contribution in [0, 0.1) is 5.82 Å². The summed E-state index contributed by atoms with van der Waals surface area (Å²) in [5.41, 5.74) is 0.821. The average molecular weight is 473 g/mol. The quantitative estimate of drug-likeness (QED) is 0.280. The zero-order valence-electron chi connectivity index (χ0n) is 18.1. The number of aliphatic hydroxyl groups excluding tert-OH is 1. The molecule has 4 aromatic rings. The van der Waals surface area contributed by atoms with Gasteiger partial charge in [-0.05, 0) is 67.6 Å². The number of pyridine rings is 2. The topological polar surface area (TPSA) is 74.5 Å². The number of rotatable bonds is 5. The number of aliphatic hydroxyl groups is 1. The van der Waals surface area contributed by atoms with Crippen molar-refractivity contribution in [1.29, 1.82) is 0 Å². The molecule has 0 bridgehead atoms. The molecule has 0 amide bonds. The monoisotopic (exact) mass is 473 g/mol. The van der Waals surface area contributed by atoms with Crippen LogP contribution < -0.4 is 10.6 Å². The van der Waals surface area contributed by atoms with Gasteiger partial charge in [-0.1, -0.05) is 0 Å². The Morgan fingerprint density at radius 2 is 1.91 bits per heavy atom. The summed E-state index contributed by atoms with van der Waals surface area (Å²) in [7, 11) is 0. The molecule has 3 heterocycles.